The molecule has 17 heavy (non-hydrogen) atoms. The number of carbonyl (C=O) groups is 1. The maximum Gasteiger partial charge on any atom is 0.163 e. The van der Waals surface area contributed by atoms with Crippen LogP contribution >= 0.6 is 0 Å². The van der Waals surface area contributed by atoms with Crippen LogP contribution in [0.15, 0.2) is 24.3 Å². The first-order valence-electron chi connectivity index (χ1n) is 5.35. The van der Waals surface area contributed by atoms with E-state index >= 15 is 0 Å². The van der Waals surface area contributed by atoms with Gasteiger partial charge < -0.3 is 14.9 Å². The largest absolute Gasteiger partial charge is 0.507 e. The Hall–Kier alpha value is -1.81. The van der Waals surface area contributed by atoms with E-state index < -0.39 is 0 Å². The van der Waals surface area contributed by atoms with E-state index in [1.54, 1.807) is 12.1 Å². The maximum absolute atomic E-state index is 11.3. The average Bonchev–Trinajstić information content (AvgIpc) is 2.72. The summed E-state index contributed by atoms with van der Waals surface area (Å²) in [4.78, 5) is 11.3. The monoisotopic (exact) mass is 234 g/mol. The molecular formula is C13H14O4. The predicted molar refractivity (Wildman–Crippen MR) is 62.5 cm³/mol. The van der Waals surface area contributed by atoms with Gasteiger partial charge >= 0.3 is 0 Å². The number of carbonyl (C=O) groups excluding carboxylic acids is 1. The number of Topliss-reactive ketones (excluding diaryl/α,β-unsaturated/α-hetero) is 1. The summed E-state index contributed by atoms with van der Waals surface area (Å²) in [5.41, 5.74) is 1.46. The third-order valence-electron chi connectivity index (χ3n) is 2.94. The highest BCUT2D eigenvalue weighted by Gasteiger charge is 2.29. The first kappa shape index (κ1) is 11.7. The molecule has 0 radical (unpaired) electrons. The van der Waals surface area contributed by atoms with E-state index in [0.717, 1.165) is 0 Å². The minimum absolute atomic E-state index is 0.0248. The number of aliphatic hydroxyl groups is 1. The summed E-state index contributed by atoms with van der Waals surface area (Å²) < 4.78 is 5.54. The number of hydrogen-bond acceptors (Lipinski definition) is 4. The van der Waals surface area contributed by atoms with Crippen molar-refractivity contribution in [2.24, 2.45) is 0 Å². The van der Waals surface area contributed by atoms with Gasteiger partial charge in [0, 0.05) is 12.0 Å². The molecule has 1 aliphatic heterocycles. The smallest absolute Gasteiger partial charge is 0.163 e. The number of phenols is 1. The Balaban J connectivity index is 2.36. The van der Waals surface area contributed by atoms with Crippen LogP contribution < -0.4 is 4.74 Å². The highest BCUT2D eigenvalue weighted by atomic mass is 16.5. The van der Waals surface area contributed by atoms with Crippen LogP contribution in [0.4, 0.5) is 0 Å². The second kappa shape index (κ2) is 4.22. The zero-order valence-electron chi connectivity index (χ0n) is 9.56. The van der Waals surface area contributed by atoms with E-state index in [2.05, 4.69) is 6.58 Å². The molecule has 1 unspecified atom stereocenters. The van der Waals surface area contributed by atoms with Crippen LogP contribution in [-0.2, 0) is 6.42 Å². The quantitative estimate of drug-likeness (QED) is 0.613. The van der Waals surface area contributed by atoms with Crippen molar-refractivity contribution in [1.82, 2.24) is 0 Å². The van der Waals surface area contributed by atoms with Crippen LogP contribution in [0.3, 0.4) is 0 Å². The SMILES string of the molecule is C=C(CO)C1Cc2c(ccc(C(C)=O)c2O)O1. The van der Waals surface area contributed by atoms with E-state index in [1.165, 1.54) is 6.92 Å². The molecule has 2 N–H and O–H groups in total. The van der Waals surface area contributed by atoms with Gasteiger partial charge in [-0.25, -0.2) is 0 Å². The van der Waals surface area contributed by atoms with Gasteiger partial charge in [-0.05, 0) is 24.6 Å². The fourth-order valence-electron chi connectivity index (χ4n) is 1.92. The first-order chi connectivity index (χ1) is 8.04. The van der Waals surface area contributed by atoms with Crippen LogP contribution in [0.5, 0.6) is 11.5 Å². The van der Waals surface area contributed by atoms with Crippen LogP contribution in [-0.4, -0.2) is 28.7 Å². The molecule has 2 rings (SSSR count). The maximum atomic E-state index is 11.3. The van der Waals surface area contributed by atoms with Crippen molar-refractivity contribution in [3.05, 3.63) is 35.4 Å². The van der Waals surface area contributed by atoms with Crippen molar-refractivity contribution < 1.29 is 19.7 Å². The zero-order chi connectivity index (χ0) is 12.6. The number of hydrogen-bond donors (Lipinski definition) is 2. The number of phenolic OH excluding ortho intramolecular Hbond substituents is 1. The molecular weight excluding hydrogens is 220 g/mol. The Morgan fingerprint density at radius 3 is 2.88 bits per heavy atom. The van der Waals surface area contributed by atoms with Crippen LogP contribution in [0.1, 0.15) is 22.8 Å². The number of benzene rings is 1. The molecule has 90 valence electrons. The van der Waals surface area contributed by atoms with Gasteiger partial charge in [0.15, 0.2) is 5.78 Å². The number of aliphatic hydroxyl groups excluding tert-OH is 1. The highest BCUT2D eigenvalue weighted by molar-refractivity contribution is 5.97. The van der Waals surface area contributed by atoms with E-state index in [1.807, 2.05) is 0 Å². The topological polar surface area (TPSA) is 66.8 Å². The van der Waals surface area contributed by atoms with Crippen molar-refractivity contribution in [2.45, 2.75) is 19.4 Å². The van der Waals surface area contributed by atoms with Crippen molar-refractivity contribution in [2.75, 3.05) is 6.61 Å². The molecule has 1 aromatic carbocycles. The fourth-order valence-corrected chi connectivity index (χ4v) is 1.92. The van der Waals surface area contributed by atoms with Crippen molar-refractivity contribution in [3.63, 3.8) is 0 Å². The van der Waals surface area contributed by atoms with Gasteiger partial charge in [0.1, 0.15) is 17.6 Å². The minimum atomic E-state index is -0.330. The zero-order valence-corrected chi connectivity index (χ0v) is 9.56. The molecule has 0 spiro atoms. The third kappa shape index (κ3) is 1.91. The number of ether oxygens (including phenoxy) is 1. The Bertz CT molecular complexity index is 490. The van der Waals surface area contributed by atoms with Gasteiger partial charge in [0.2, 0.25) is 0 Å². The predicted octanol–water partition coefficient (Wildman–Crippen LogP) is 1.45. The molecule has 0 saturated heterocycles. The molecule has 1 aromatic rings. The number of aromatic hydroxyl groups is 1. The molecule has 1 aliphatic rings. The van der Waals surface area contributed by atoms with Gasteiger partial charge in [-0.3, -0.25) is 4.79 Å². The standard InChI is InChI=1S/C13H14O4/c1-7(6-14)12-5-10-11(17-12)4-3-9(8(2)15)13(10)16/h3-4,12,14,16H,1,5-6H2,2H3. The van der Waals surface area contributed by atoms with E-state index in [9.17, 15) is 9.90 Å². The van der Waals surface area contributed by atoms with E-state index in [4.69, 9.17) is 9.84 Å². The van der Waals surface area contributed by atoms with E-state index in [-0.39, 0.29) is 24.2 Å². The first-order valence-corrected chi connectivity index (χ1v) is 5.35. The van der Waals surface area contributed by atoms with Gasteiger partial charge in [-0.15, -0.1) is 0 Å². The lowest BCUT2D eigenvalue weighted by Crippen LogP contribution is -2.17. The summed E-state index contributed by atoms with van der Waals surface area (Å²) in [7, 11) is 0. The lowest BCUT2D eigenvalue weighted by molar-refractivity contribution is 0.101. The summed E-state index contributed by atoms with van der Waals surface area (Å²) in [5, 5.41) is 18.9. The molecule has 1 atom stereocenters. The summed E-state index contributed by atoms with van der Waals surface area (Å²) in [6.45, 7) is 4.95. The second-order valence-electron chi connectivity index (χ2n) is 4.12. The molecule has 0 amide bonds. The summed E-state index contributed by atoms with van der Waals surface area (Å²) >= 11 is 0. The summed E-state index contributed by atoms with van der Waals surface area (Å²) in [5.74, 6) is 0.338. The molecule has 4 nitrogen and oxygen atoms in total. The minimum Gasteiger partial charge on any atom is -0.507 e. The van der Waals surface area contributed by atoms with Crippen molar-refractivity contribution >= 4 is 5.78 Å². The average molecular weight is 234 g/mol. The molecule has 0 aliphatic carbocycles. The lowest BCUT2D eigenvalue weighted by atomic mass is 10.0. The number of fused-ring (bicyclic) bond motifs is 1. The Morgan fingerprint density at radius 2 is 2.29 bits per heavy atom. The Labute approximate surface area is 99.2 Å². The molecule has 1 heterocycles. The fraction of sp³-hybridized carbons (Fsp3) is 0.308. The summed E-state index contributed by atoms with van der Waals surface area (Å²) in [6.07, 6.45) is 0.102. The van der Waals surface area contributed by atoms with Crippen LogP contribution in [0.2, 0.25) is 0 Å². The van der Waals surface area contributed by atoms with Crippen LogP contribution in [0, 0.1) is 0 Å². The van der Waals surface area contributed by atoms with Gasteiger partial charge in [-0.1, -0.05) is 6.58 Å². The lowest BCUT2D eigenvalue weighted by Gasteiger charge is -2.10. The van der Waals surface area contributed by atoms with Crippen molar-refractivity contribution in [1.29, 1.82) is 0 Å². The van der Waals surface area contributed by atoms with E-state index in [0.29, 0.717) is 28.9 Å². The molecule has 0 bridgehead atoms. The van der Waals surface area contributed by atoms with Gasteiger partial charge in [0.05, 0.1) is 12.2 Å². The van der Waals surface area contributed by atoms with Crippen molar-refractivity contribution in [3.8, 4) is 11.5 Å². The molecule has 0 aromatic heterocycles. The Kier molecular flexibility index (Phi) is 2.90. The second-order valence-corrected chi connectivity index (χ2v) is 4.12. The summed E-state index contributed by atoms with van der Waals surface area (Å²) in [6, 6.07) is 3.21. The molecule has 4 heteroatoms. The molecule has 0 fully saturated rings. The third-order valence-corrected chi connectivity index (χ3v) is 2.94. The van der Waals surface area contributed by atoms with Crippen LogP contribution in [0.25, 0.3) is 0 Å². The van der Waals surface area contributed by atoms with Gasteiger partial charge in [0.25, 0.3) is 0 Å². The highest BCUT2D eigenvalue weighted by Crippen LogP contribution is 2.39. The Morgan fingerprint density at radius 1 is 1.59 bits per heavy atom. The van der Waals surface area contributed by atoms with Gasteiger partial charge in [-0.2, -0.15) is 0 Å². The number of ketones is 1. The number of rotatable bonds is 3. The normalized spacial score (nSPS) is 17.4. The molecule has 0 saturated carbocycles.